The molecular weight excluding hydrogens is 378 g/mol. The Morgan fingerprint density at radius 1 is 1.42 bits per heavy atom. The number of aromatic amines is 1. The number of imidazole rings is 1. The summed E-state index contributed by atoms with van der Waals surface area (Å²) < 4.78 is 5.73. The van der Waals surface area contributed by atoms with Gasteiger partial charge in [-0.15, -0.1) is 0 Å². The Morgan fingerprint density at radius 2 is 2.21 bits per heavy atom. The third-order valence-electron chi connectivity index (χ3n) is 3.50. The second-order valence-electron chi connectivity index (χ2n) is 5.15. The second kappa shape index (κ2) is 6.44. The molecule has 3 rings (SSSR count). The first-order chi connectivity index (χ1) is 11.5. The van der Waals surface area contributed by atoms with Crippen molar-refractivity contribution in [2.75, 3.05) is 12.4 Å². The number of hydrogen-bond donors (Lipinski definition) is 2. The minimum atomic E-state index is -0.476. The maximum absolute atomic E-state index is 11.2. The van der Waals surface area contributed by atoms with Crippen molar-refractivity contribution in [3.8, 4) is 5.75 Å². The van der Waals surface area contributed by atoms with Gasteiger partial charge < -0.3 is 15.0 Å². The number of pyridine rings is 1. The summed E-state index contributed by atoms with van der Waals surface area (Å²) >= 11 is 3.19. The molecule has 2 N–H and O–H groups in total. The van der Waals surface area contributed by atoms with Gasteiger partial charge in [0.15, 0.2) is 0 Å². The molecule has 3 aromatic rings. The fourth-order valence-corrected chi connectivity index (χ4v) is 2.61. The third kappa shape index (κ3) is 3.16. The SMILES string of the molecule is COc1ccc2nc([C@@H](C)Nc3ncc(Br)cc3[N+](=O)[O-])[nH]c2c1. The minimum Gasteiger partial charge on any atom is -0.497 e. The number of anilines is 1. The smallest absolute Gasteiger partial charge is 0.312 e. The van der Waals surface area contributed by atoms with E-state index in [1.165, 1.54) is 12.3 Å². The van der Waals surface area contributed by atoms with Gasteiger partial charge in [-0.1, -0.05) is 0 Å². The number of H-pyrrole nitrogens is 1. The molecule has 0 amide bonds. The summed E-state index contributed by atoms with van der Waals surface area (Å²) in [5.41, 5.74) is 1.52. The lowest BCUT2D eigenvalue weighted by Crippen LogP contribution is -2.11. The number of benzene rings is 1. The Balaban J connectivity index is 1.90. The third-order valence-corrected chi connectivity index (χ3v) is 3.94. The van der Waals surface area contributed by atoms with Crippen molar-refractivity contribution in [3.05, 3.63) is 50.9 Å². The molecule has 0 saturated heterocycles. The van der Waals surface area contributed by atoms with Crippen LogP contribution in [0.5, 0.6) is 5.75 Å². The predicted octanol–water partition coefficient (Wildman–Crippen LogP) is 3.81. The van der Waals surface area contributed by atoms with Crippen LogP contribution in [-0.2, 0) is 0 Å². The molecule has 24 heavy (non-hydrogen) atoms. The molecule has 124 valence electrons. The van der Waals surface area contributed by atoms with E-state index in [4.69, 9.17) is 4.74 Å². The molecule has 0 fully saturated rings. The summed E-state index contributed by atoms with van der Waals surface area (Å²) in [6, 6.07) is 6.63. The van der Waals surface area contributed by atoms with Gasteiger partial charge in [-0.3, -0.25) is 10.1 Å². The number of ether oxygens (including phenoxy) is 1. The van der Waals surface area contributed by atoms with E-state index in [0.29, 0.717) is 10.3 Å². The number of aromatic nitrogens is 3. The average Bonchev–Trinajstić information content (AvgIpc) is 2.99. The van der Waals surface area contributed by atoms with Gasteiger partial charge in [0.25, 0.3) is 0 Å². The molecule has 0 aliphatic rings. The van der Waals surface area contributed by atoms with Crippen LogP contribution in [-0.4, -0.2) is 27.0 Å². The molecule has 0 radical (unpaired) electrons. The first-order valence-electron chi connectivity index (χ1n) is 7.08. The summed E-state index contributed by atoms with van der Waals surface area (Å²) in [4.78, 5) is 22.5. The summed E-state index contributed by atoms with van der Waals surface area (Å²) in [7, 11) is 1.60. The van der Waals surface area contributed by atoms with Crippen molar-refractivity contribution in [1.82, 2.24) is 15.0 Å². The quantitative estimate of drug-likeness (QED) is 0.505. The second-order valence-corrected chi connectivity index (χ2v) is 6.07. The zero-order chi connectivity index (χ0) is 17.3. The van der Waals surface area contributed by atoms with Crippen molar-refractivity contribution in [2.45, 2.75) is 13.0 Å². The summed E-state index contributed by atoms with van der Waals surface area (Å²) in [5, 5.41) is 14.2. The van der Waals surface area contributed by atoms with Crippen LogP contribution in [0.1, 0.15) is 18.8 Å². The number of fused-ring (bicyclic) bond motifs is 1. The van der Waals surface area contributed by atoms with E-state index in [2.05, 4.69) is 36.2 Å². The van der Waals surface area contributed by atoms with E-state index in [1.807, 2.05) is 25.1 Å². The molecule has 8 nitrogen and oxygen atoms in total. The van der Waals surface area contributed by atoms with Crippen LogP contribution in [0.25, 0.3) is 11.0 Å². The maximum Gasteiger partial charge on any atom is 0.312 e. The number of nitrogens with zero attached hydrogens (tertiary/aromatic N) is 3. The normalized spacial score (nSPS) is 12.1. The number of hydrogen-bond acceptors (Lipinski definition) is 6. The molecule has 2 heterocycles. The van der Waals surface area contributed by atoms with Crippen LogP contribution in [0.3, 0.4) is 0 Å². The van der Waals surface area contributed by atoms with E-state index in [9.17, 15) is 10.1 Å². The van der Waals surface area contributed by atoms with Crippen LogP contribution in [0.15, 0.2) is 34.9 Å². The molecule has 1 atom stereocenters. The topological polar surface area (TPSA) is 106 Å². The van der Waals surface area contributed by atoms with Gasteiger partial charge in [-0.25, -0.2) is 9.97 Å². The average molecular weight is 392 g/mol. The summed E-state index contributed by atoms with van der Waals surface area (Å²) in [5.74, 6) is 1.56. The highest BCUT2D eigenvalue weighted by atomic mass is 79.9. The minimum absolute atomic E-state index is 0.103. The molecule has 0 bridgehead atoms. The maximum atomic E-state index is 11.2. The lowest BCUT2D eigenvalue weighted by molar-refractivity contribution is -0.384. The molecule has 9 heteroatoms. The van der Waals surface area contributed by atoms with Crippen LogP contribution >= 0.6 is 15.9 Å². The predicted molar refractivity (Wildman–Crippen MR) is 93.3 cm³/mol. The number of halogens is 1. The number of nitrogens with one attached hydrogen (secondary N) is 2. The molecular formula is C15H14BrN5O3. The molecule has 0 spiro atoms. The van der Waals surface area contributed by atoms with Crippen LogP contribution in [0, 0.1) is 10.1 Å². The highest BCUT2D eigenvalue weighted by Crippen LogP contribution is 2.29. The van der Waals surface area contributed by atoms with Gasteiger partial charge in [0, 0.05) is 22.8 Å². The first-order valence-corrected chi connectivity index (χ1v) is 7.87. The van der Waals surface area contributed by atoms with Gasteiger partial charge in [-0.2, -0.15) is 0 Å². The highest BCUT2D eigenvalue weighted by molar-refractivity contribution is 9.10. The Labute approximate surface area is 145 Å². The van der Waals surface area contributed by atoms with Crippen molar-refractivity contribution in [2.24, 2.45) is 0 Å². The molecule has 2 aromatic heterocycles. The van der Waals surface area contributed by atoms with Gasteiger partial charge >= 0.3 is 5.69 Å². The van der Waals surface area contributed by atoms with Crippen molar-refractivity contribution < 1.29 is 9.66 Å². The zero-order valence-electron chi connectivity index (χ0n) is 12.9. The Morgan fingerprint density at radius 3 is 2.92 bits per heavy atom. The van der Waals surface area contributed by atoms with E-state index in [-0.39, 0.29) is 17.5 Å². The molecule has 0 unspecified atom stereocenters. The first kappa shape index (κ1) is 16.2. The number of methoxy groups -OCH3 is 1. The van der Waals surface area contributed by atoms with Crippen LogP contribution < -0.4 is 10.1 Å². The lowest BCUT2D eigenvalue weighted by atomic mass is 10.3. The standard InChI is InChI=1S/C15H14BrN5O3/c1-8(18-15-13(21(22)23)5-9(16)7-17-15)14-19-11-4-3-10(24-2)6-12(11)20-14/h3-8H,1-2H3,(H,17,18)(H,19,20)/t8-/m1/s1. The van der Waals surface area contributed by atoms with Gasteiger partial charge in [0.05, 0.1) is 29.1 Å². The molecule has 1 aromatic carbocycles. The molecule has 0 saturated carbocycles. The van der Waals surface area contributed by atoms with Crippen LogP contribution in [0.2, 0.25) is 0 Å². The van der Waals surface area contributed by atoms with Gasteiger partial charge in [0.1, 0.15) is 11.6 Å². The summed E-state index contributed by atoms with van der Waals surface area (Å²) in [6.07, 6.45) is 1.51. The van der Waals surface area contributed by atoms with E-state index < -0.39 is 4.92 Å². The lowest BCUT2D eigenvalue weighted by Gasteiger charge is -2.12. The molecule has 0 aliphatic heterocycles. The molecule has 0 aliphatic carbocycles. The fourth-order valence-electron chi connectivity index (χ4n) is 2.29. The summed E-state index contributed by atoms with van der Waals surface area (Å²) in [6.45, 7) is 1.85. The Kier molecular flexibility index (Phi) is 4.34. The van der Waals surface area contributed by atoms with E-state index in [0.717, 1.165) is 16.8 Å². The highest BCUT2D eigenvalue weighted by Gasteiger charge is 2.19. The Hall–Kier alpha value is -2.68. The van der Waals surface area contributed by atoms with E-state index in [1.54, 1.807) is 7.11 Å². The number of nitro groups is 1. The van der Waals surface area contributed by atoms with Crippen molar-refractivity contribution in [3.63, 3.8) is 0 Å². The van der Waals surface area contributed by atoms with Crippen molar-refractivity contribution >= 4 is 38.5 Å². The number of rotatable bonds is 5. The Bertz CT molecular complexity index is 911. The zero-order valence-corrected chi connectivity index (χ0v) is 14.5. The van der Waals surface area contributed by atoms with Crippen molar-refractivity contribution in [1.29, 1.82) is 0 Å². The van der Waals surface area contributed by atoms with Crippen LogP contribution in [0.4, 0.5) is 11.5 Å². The van der Waals surface area contributed by atoms with Gasteiger partial charge in [0.2, 0.25) is 5.82 Å². The largest absolute Gasteiger partial charge is 0.497 e. The van der Waals surface area contributed by atoms with Gasteiger partial charge in [-0.05, 0) is 35.0 Å². The van der Waals surface area contributed by atoms with E-state index >= 15 is 0 Å². The fraction of sp³-hybridized carbons (Fsp3) is 0.200. The monoisotopic (exact) mass is 391 g/mol.